The molecule has 0 unspecified atom stereocenters. The summed E-state index contributed by atoms with van der Waals surface area (Å²) in [5.74, 6) is 0.727. The highest BCUT2D eigenvalue weighted by molar-refractivity contribution is 5.94. The lowest BCUT2D eigenvalue weighted by Gasteiger charge is -2.13. The fraction of sp³-hybridized carbons (Fsp3) is 0.130. The standard InChI is InChI=1S/C23H16F3N5O2/c24-23(25,26)15-2-1-3-17(12-15)33-16-6-4-14(5-7-16)21-27-9-8-18(29-21)19-13-20-22(32)28-10-11-31(20)30-19/h1-9,12-13H,10-11H2,(H,28,32). The smallest absolute Gasteiger partial charge is 0.416 e. The van der Waals surface area contributed by atoms with Crippen molar-refractivity contribution < 1.29 is 22.7 Å². The normalized spacial score (nSPS) is 13.4. The number of nitrogens with zero attached hydrogens (tertiary/aromatic N) is 4. The van der Waals surface area contributed by atoms with Crippen LogP contribution in [-0.2, 0) is 12.7 Å². The molecule has 166 valence electrons. The van der Waals surface area contributed by atoms with Crippen molar-refractivity contribution in [1.82, 2.24) is 25.1 Å². The highest BCUT2D eigenvalue weighted by atomic mass is 19.4. The number of benzene rings is 2. The van der Waals surface area contributed by atoms with Crippen LogP contribution in [0.2, 0.25) is 0 Å². The third-order valence-corrected chi connectivity index (χ3v) is 5.05. The number of halogens is 3. The molecule has 7 nitrogen and oxygen atoms in total. The van der Waals surface area contributed by atoms with E-state index in [0.717, 1.165) is 12.1 Å². The van der Waals surface area contributed by atoms with Crippen LogP contribution in [0.15, 0.2) is 66.9 Å². The quantitative estimate of drug-likeness (QED) is 0.492. The summed E-state index contributed by atoms with van der Waals surface area (Å²) in [6.07, 6.45) is -2.84. The summed E-state index contributed by atoms with van der Waals surface area (Å²) in [6, 6.07) is 14.8. The van der Waals surface area contributed by atoms with Crippen LogP contribution in [0.3, 0.4) is 0 Å². The predicted molar refractivity (Wildman–Crippen MR) is 113 cm³/mol. The highest BCUT2D eigenvalue weighted by Gasteiger charge is 2.30. The monoisotopic (exact) mass is 451 g/mol. The average Bonchev–Trinajstić information content (AvgIpc) is 3.25. The molecule has 1 N–H and O–H groups in total. The second-order valence-electron chi connectivity index (χ2n) is 7.31. The van der Waals surface area contributed by atoms with Gasteiger partial charge in [0, 0.05) is 18.3 Å². The number of rotatable bonds is 4. The molecule has 0 bridgehead atoms. The molecule has 10 heteroatoms. The zero-order chi connectivity index (χ0) is 23.0. The molecule has 0 saturated carbocycles. The van der Waals surface area contributed by atoms with Gasteiger partial charge in [-0.1, -0.05) is 6.07 Å². The van der Waals surface area contributed by atoms with E-state index in [1.54, 1.807) is 47.3 Å². The largest absolute Gasteiger partial charge is 0.457 e. The Morgan fingerprint density at radius 3 is 2.55 bits per heavy atom. The lowest BCUT2D eigenvalue weighted by Crippen LogP contribution is -2.35. The molecule has 33 heavy (non-hydrogen) atoms. The molecule has 0 spiro atoms. The first-order valence-electron chi connectivity index (χ1n) is 10.0. The lowest BCUT2D eigenvalue weighted by molar-refractivity contribution is -0.137. The number of amides is 1. The molecule has 4 aromatic rings. The molecule has 0 saturated heterocycles. The first kappa shape index (κ1) is 20.7. The van der Waals surface area contributed by atoms with E-state index < -0.39 is 11.7 Å². The molecular weight excluding hydrogens is 435 g/mol. The Labute approximate surface area is 185 Å². The Kier molecular flexibility index (Phi) is 5.04. The SMILES string of the molecule is O=C1NCCn2nc(-c3ccnc(-c4ccc(Oc5cccc(C(F)(F)F)c5)cc4)n3)cc21. The van der Waals surface area contributed by atoms with E-state index in [1.807, 2.05) is 0 Å². The Hall–Kier alpha value is -4.21. The molecule has 3 heterocycles. The summed E-state index contributed by atoms with van der Waals surface area (Å²) in [5.41, 5.74) is 1.52. The third kappa shape index (κ3) is 4.27. The summed E-state index contributed by atoms with van der Waals surface area (Å²) < 4.78 is 45.9. The van der Waals surface area contributed by atoms with Crippen molar-refractivity contribution in [1.29, 1.82) is 0 Å². The molecule has 1 amide bonds. The second kappa shape index (κ2) is 8.05. The molecule has 1 aliphatic rings. The topological polar surface area (TPSA) is 81.9 Å². The molecular formula is C23H16F3N5O2. The number of aromatic nitrogens is 4. The van der Waals surface area contributed by atoms with Crippen LogP contribution < -0.4 is 10.1 Å². The first-order chi connectivity index (χ1) is 15.9. The third-order valence-electron chi connectivity index (χ3n) is 5.05. The van der Waals surface area contributed by atoms with Gasteiger partial charge in [-0.25, -0.2) is 9.97 Å². The Balaban J connectivity index is 1.37. The minimum atomic E-state index is -4.44. The molecule has 0 radical (unpaired) electrons. The highest BCUT2D eigenvalue weighted by Crippen LogP contribution is 2.33. The van der Waals surface area contributed by atoms with Gasteiger partial charge in [0.25, 0.3) is 5.91 Å². The first-order valence-corrected chi connectivity index (χ1v) is 10.0. The van der Waals surface area contributed by atoms with Crippen molar-refractivity contribution in [3.63, 3.8) is 0 Å². The number of carbonyl (C=O) groups is 1. The number of hydrogen-bond acceptors (Lipinski definition) is 5. The zero-order valence-electron chi connectivity index (χ0n) is 17.0. The summed E-state index contributed by atoms with van der Waals surface area (Å²) in [7, 11) is 0. The van der Waals surface area contributed by atoms with Crippen molar-refractivity contribution in [2.24, 2.45) is 0 Å². The van der Waals surface area contributed by atoms with Crippen molar-refractivity contribution in [2.75, 3.05) is 6.54 Å². The maximum atomic E-state index is 12.9. The maximum absolute atomic E-state index is 12.9. The molecule has 0 aliphatic carbocycles. The number of hydrogen-bond donors (Lipinski definition) is 1. The van der Waals surface area contributed by atoms with E-state index in [0.29, 0.717) is 47.3 Å². The van der Waals surface area contributed by atoms with Gasteiger partial charge >= 0.3 is 6.18 Å². The maximum Gasteiger partial charge on any atom is 0.416 e. The van der Waals surface area contributed by atoms with Crippen LogP contribution in [-0.4, -0.2) is 32.2 Å². The number of fused-ring (bicyclic) bond motifs is 1. The number of alkyl halides is 3. The molecule has 0 fully saturated rings. The van der Waals surface area contributed by atoms with Gasteiger partial charge in [-0.05, 0) is 54.6 Å². The van der Waals surface area contributed by atoms with Gasteiger partial charge in [0.1, 0.15) is 22.9 Å². The Morgan fingerprint density at radius 2 is 1.79 bits per heavy atom. The van der Waals surface area contributed by atoms with Gasteiger partial charge in [-0.2, -0.15) is 18.3 Å². The van der Waals surface area contributed by atoms with Crippen molar-refractivity contribution in [3.8, 4) is 34.3 Å². The van der Waals surface area contributed by atoms with Crippen LogP contribution in [0.4, 0.5) is 13.2 Å². The van der Waals surface area contributed by atoms with Crippen LogP contribution in [0.25, 0.3) is 22.8 Å². The van der Waals surface area contributed by atoms with Gasteiger partial charge in [-0.3, -0.25) is 9.48 Å². The molecule has 2 aromatic heterocycles. The predicted octanol–water partition coefficient (Wildman–Crippen LogP) is 4.56. The van der Waals surface area contributed by atoms with Crippen molar-refractivity contribution in [3.05, 3.63) is 78.1 Å². The number of carbonyl (C=O) groups excluding carboxylic acids is 1. The van der Waals surface area contributed by atoms with Crippen LogP contribution in [0.1, 0.15) is 16.1 Å². The van der Waals surface area contributed by atoms with Gasteiger partial charge < -0.3 is 10.1 Å². The van der Waals surface area contributed by atoms with E-state index in [-0.39, 0.29) is 11.7 Å². The zero-order valence-corrected chi connectivity index (χ0v) is 17.0. The lowest BCUT2D eigenvalue weighted by atomic mass is 10.2. The van der Waals surface area contributed by atoms with E-state index >= 15 is 0 Å². The Bertz CT molecular complexity index is 1330. The van der Waals surface area contributed by atoms with E-state index in [4.69, 9.17) is 4.74 Å². The van der Waals surface area contributed by atoms with Crippen LogP contribution >= 0.6 is 0 Å². The van der Waals surface area contributed by atoms with E-state index in [1.165, 1.54) is 12.1 Å². The molecule has 1 aliphatic heterocycles. The van der Waals surface area contributed by atoms with Gasteiger partial charge in [0.15, 0.2) is 5.82 Å². The molecule has 2 aromatic carbocycles. The fourth-order valence-corrected chi connectivity index (χ4v) is 3.45. The second-order valence-corrected chi connectivity index (χ2v) is 7.31. The van der Waals surface area contributed by atoms with Gasteiger partial charge in [0.2, 0.25) is 0 Å². The summed E-state index contributed by atoms with van der Waals surface area (Å²) in [6.45, 7) is 1.11. The van der Waals surface area contributed by atoms with E-state index in [9.17, 15) is 18.0 Å². The van der Waals surface area contributed by atoms with Crippen molar-refractivity contribution >= 4 is 5.91 Å². The molecule has 0 atom stereocenters. The van der Waals surface area contributed by atoms with Gasteiger partial charge in [-0.15, -0.1) is 0 Å². The van der Waals surface area contributed by atoms with Crippen LogP contribution in [0.5, 0.6) is 11.5 Å². The van der Waals surface area contributed by atoms with Crippen molar-refractivity contribution in [2.45, 2.75) is 12.7 Å². The minimum absolute atomic E-state index is 0.0867. The number of ether oxygens (including phenoxy) is 1. The summed E-state index contributed by atoms with van der Waals surface area (Å²) in [5, 5.41) is 7.23. The fourth-order valence-electron chi connectivity index (χ4n) is 3.45. The van der Waals surface area contributed by atoms with Gasteiger partial charge in [0.05, 0.1) is 17.8 Å². The molecule has 5 rings (SSSR count). The van der Waals surface area contributed by atoms with Crippen LogP contribution in [0, 0.1) is 0 Å². The Morgan fingerprint density at radius 1 is 0.970 bits per heavy atom. The summed E-state index contributed by atoms with van der Waals surface area (Å²) in [4.78, 5) is 20.8. The van der Waals surface area contributed by atoms with E-state index in [2.05, 4.69) is 20.4 Å². The minimum Gasteiger partial charge on any atom is -0.457 e. The average molecular weight is 451 g/mol. The number of nitrogens with one attached hydrogen (secondary N) is 1. The summed E-state index contributed by atoms with van der Waals surface area (Å²) >= 11 is 0.